The highest BCUT2D eigenvalue weighted by molar-refractivity contribution is 7.99. The van der Waals surface area contributed by atoms with Crippen LogP contribution in [-0.2, 0) is 0 Å². The quantitative estimate of drug-likeness (QED) is 0.803. The number of thioether (sulfide) groups is 1. The first-order valence-electron chi connectivity index (χ1n) is 5.57. The van der Waals surface area contributed by atoms with Crippen LogP contribution >= 0.6 is 11.8 Å². The number of terminal acetylenes is 1. The summed E-state index contributed by atoms with van der Waals surface area (Å²) in [6.45, 7) is 5.04. The smallest absolute Gasteiger partial charge is 0.0741 e. The van der Waals surface area contributed by atoms with E-state index >= 15 is 0 Å². The molecule has 16 heavy (non-hydrogen) atoms. The second kappa shape index (κ2) is 4.53. The molecule has 1 atom stereocenters. The number of fused-ring (bicyclic) bond motifs is 1. The molecule has 84 valence electrons. The predicted molar refractivity (Wildman–Crippen MR) is 70.8 cm³/mol. The minimum absolute atomic E-state index is 0.206. The maximum atomic E-state index is 5.47. The number of rotatable bonds is 3. The molecule has 1 N–H and O–H groups in total. The Morgan fingerprint density at radius 2 is 2.25 bits per heavy atom. The molecule has 1 nitrogen and oxygen atoms in total. The Balaban J connectivity index is 2.02. The van der Waals surface area contributed by atoms with Gasteiger partial charge in [0.2, 0.25) is 0 Å². The van der Waals surface area contributed by atoms with Gasteiger partial charge in [0.1, 0.15) is 0 Å². The van der Waals surface area contributed by atoms with Crippen molar-refractivity contribution in [3.05, 3.63) is 29.8 Å². The molecule has 0 fully saturated rings. The lowest BCUT2D eigenvalue weighted by Gasteiger charge is -2.22. The minimum atomic E-state index is -0.206. The zero-order chi connectivity index (χ0) is 11.6. The van der Waals surface area contributed by atoms with Crippen LogP contribution in [0.15, 0.2) is 29.2 Å². The second-order valence-corrected chi connectivity index (χ2v) is 5.76. The summed E-state index contributed by atoms with van der Waals surface area (Å²) in [7, 11) is 0. The zero-order valence-electron chi connectivity index (χ0n) is 9.79. The van der Waals surface area contributed by atoms with Crippen LogP contribution in [0.25, 0.3) is 0 Å². The third kappa shape index (κ3) is 2.42. The van der Waals surface area contributed by atoms with Gasteiger partial charge in [0, 0.05) is 23.1 Å². The van der Waals surface area contributed by atoms with Gasteiger partial charge in [-0.25, -0.2) is 0 Å². The van der Waals surface area contributed by atoms with Crippen LogP contribution in [-0.4, -0.2) is 17.8 Å². The molecular formula is C14H17NS. The SMILES string of the molecule is C#CC(C)(C)NCC1CSc2ccccc21. The first kappa shape index (κ1) is 11.6. The predicted octanol–water partition coefficient (Wildman–Crippen LogP) is 2.88. The van der Waals surface area contributed by atoms with Crippen molar-refractivity contribution in [1.29, 1.82) is 0 Å². The fourth-order valence-electron chi connectivity index (χ4n) is 1.83. The molecule has 0 saturated heterocycles. The number of benzene rings is 1. The van der Waals surface area contributed by atoms with E-state index in [-0.39, 0.29) is 5.54 Å². The molecule has 1 aromatic rings. The molecule has 2 heteroatoms. The number of hydrogen-bond acceptors (Lipinski definition) is 2. The minimum Gasteiger partial charge on any atom is -0.301 e. The van der Waals surface area contributed by atoms with E-state index in [0.29, 0.717) is 5.92 Å². The van der Waals surface area contributed by atoms with E-state index in [0.717, 1.165) is 12.3 Å². The fraction of sp³-hybridized carbons (Fsp3) is 0.429. The van der Waals surface area contributed by atoms with Crippen LogP contribution < -0.4 is 5.32 Å². The third-order valence-electron chi connectivity index (χ3n) is 2.95. The molecule has 0 bridgehead atoms. The maximum Gasteiger partial charge on any atom is 0.0741 e. The van der Waals surface area contributed by atoms with Gasteiger partial charge in [-0.15, -0.1) is 18.2 Å². The van der Waals surface area contributed by atoms with E-state index in [1.54, 1.807) is 0 Å². The van der Waals surface area contributed by atoms with Crippen LogP contribution in [0.3, 0.4) is 0 Å². The Bertz CT molecular complexity index is 417. The third-order valence-corrected chi connectivity index (χ3v) is 4.20. The van der Waals surface area contributed by atoms with Crippen molar-refractivity contribution >= 4 is 11.8 Å². The lowest BCUT2D eigenvalue weighted by Crippen LogP contribution is -2.40. The van der Waals surface area contributed by atoms with Crippen LogP contribution in [0.4, 0.5) is 0 Å². The fourth-order valence-corrected chi connectivity index (χ4v) is 3.08. The van der Waals surface area contributed by atoms with Gasteiger partial charge >= 0.3 is 0 Å². The molecule has 0 aromatic heterocycles. The van der Waals surface area contributed by atoms with Crippen LogP contribution in [0.2, 0.25) is 0 Å². The van der Waals surface area contributed by atoms with Gasteiger partial charge in [-0.05, 0) is 25.5 Å². The van der Waals surface area contributed by atoms with E-state index in [4.69, 9.17) is 6.42 Å². The van der Waals surface area contributed by atoms with Gasteiger partial charge in [-0.3, -0.25) is 0 Å². The van der Waals surface area contributed by atoms with Crippen molar-refractivity contribution in [3.63, 3.8) is 0 Å². The topological polar surface area (TPSA) is 12.0 Å². The molecule has 1 aromatic carbocycles. The van der Waals surface area contributed by atoms with Gasteiger partial charge in [0.05, 0.1) is 5.54 Å². The highest BCUT2D eigenvalue weighted by Crippen LogP contribution is 2.38. The van der Waals surface area contributed by atoms with E-state index < -0.39 is 0 Å². The Labute approximate surface area is 102 Å². The molecular weight excluding hydrogens is 214 g/mol. The summed E-state index contributed by atoms with van der Waals surface area (Å²) < 4.78 is 0. The van der Waals surface area contributed by atoms with E-state index in [1.807, 2.05) is 25.6 Å². The normalized spacial score (nSPS) is 19.2. The van der Waals surface area contributed by atoms with E-state index in [1.165, 1.54) is 10.5 Å². The van der Waals surface area contributed by atoms with Crippen molar-refractivity contribution in [2.24, 2.45) is 0 Å². The second-order valence-electron chi connectivity index (χ2n) is 4.70. The highest BCUT2D eigenvalue weighted by Gasteiger charge is 2.24. The van der Waals surface area contributed by atoms with Crippen molar-refractivity contribution < 1.29 is 0 Å². The summed E-state index contributed by atoms with van der Waals surface area (Å²) in [6, 6.07) is 8.65. The highest BCUT2D eigenvalue weighted by atomic mass is 32.2. The molecule has 1 heterocycles. The largest absolute Gasteiger partial charge is 0.301 e. The summed E-state index contributed by atoms with van der Waals surface area (Å²) in [5.74, 6) is 4.52. The molecule has 1 aliphatic rings. The Morgan fingerprint density at radius 3 is 3.00 bits per heavy atom. The summed E-state index contributed by atoms with van der Waals surface area (Å²) in [5.41, 5.74) is 1.26. The van der Waals surface area contributed by atoms with E-state index in [2.05, 4.69) is 35.5 Å². The Morgan fingerprint density at radius 1 is 1.50 bits per heavy atom. The maximum absolute atomic E-state index is 5.47. The molecule has 2 rings (SSSR count). The summed E-state index contributed by atoms with van der Waals surface area (Å²) in [6.07, 6.45) is 5.47. The number of nitrogens with one attached hydrogen (secondary N) is 1. The Kier molecular flexibility index (Phi) is 3.28. The standard InChI is InChI=1S/C14H17NS/c1-4-14(2,3)15-9-11-10-16-13-8-6-5-7-12(11)13/h1,5-8,11,15H,9-10H2,2-3H3. The van der Waals surface area contributed by atoms with Crippen LogP contribution in [0, 0.1) is 12.3 Å². The van der Waals surface area contributed by atoms with Crippen molar-refractivity contribution in [2.75, 3.05) is 12.3 Å². The van der Waals surface area contributed by atoms with Gasteiger partial charge in [0.25, 0.3) is 0 Å². The van der Waals surface area contributed by atoms with Crippen molar-refractivity contribution in [3.8, 4) is 12.3 Å². The summed E-state index contributed by atoms with van der Waals surface area (Å²) in [4.78, 5) is 1.42. The lowest BCUT2D eigenvalue weighted by molar-refractivity contribution is 0.473. The van der Waals surface area contributed by atoms with Gasteiger partial charge in [0.15, 0.2) is 0 Å². The van der Waals surface area contributed by atoms with Gasteiger partial charge < -0.3 is 5.32 Å². The monoisotopic (exact) mass is 231 g/mol. The molecule has 1 aliphatic heterocycles. The zero-order valence-corrected chi connectivity index (χ0v) is 10.6. The molecule has 0 radical (unpaired) electrons. The van der Waals surface area contributed by atoms with Gasteiger partial charge in [-0.2, -0.15) is 0 Å². The summed E-state index contributed by atoms with van der Waals surface area (Å²) in [5, 5.41) is 3.44. The molecule has 0 spiro atoms. The lowest BCUT2D eigenvalue weighted by atomic mass is 9.99. The van der Waals surface area contributed by atoms with Crippen LogP contribution in [0.5, 0.6) is 0 Å². The summed E-state index contributed by atoms with van der Waals surface area (Å²) >= 11 is 1.94. The average Bonchev–Trinajstić information content (AvgIpc) is 2.70. The van der Waals surface area contributed by atoms with Crippen molar-refractivity contribution in [1.82, 2.24) is 5.32 Å². The molecule has 0 aliphatic carbocycles. The Hall–Kier alpha value is -0.910. The van der Waals surface area contributed by atoms with E-state index in [9.17, 15) is 0 Å². The van der Waals surface area contributed by atoms with Crippen LogP contribution in [0.1, 0.15) is 25.3 Å². The molecule has 0 amide bonds. The number of hydrogen-bond donors (Lipinski definition) is 1. The van der Waals surface area contributed by atoms with Crippen molar-refractivity contribution in [2.45, 2.75) is 30.2 Å². The first-order chi connectivity index (χ1) is 7.62. The van der Waals surface area contributed by atoms with Gasteiger partial charge in [-0.1, -0.05) is 24.1 Å². The average molecular weight is 231 g/mol. The molecule has 0 saturated carbocycles. The first-order valence-corrected chi connectivity index (χ1v) is 6.55. The molecule has 1 unspecified atom stereocenters.